The van der Waals surface area contributed by atoms with Crippen molar-refractivity contribution in [2.75, 3.05) is 53.9 Å². The zero-order chi connectivity index (χ0) is 42.9. The van der Waals surface area contributed by atoms with Gasteiger partial charge in [-0.25, -0.2) is 0 Å². The lowest BCUT2D eigenvalue weighted by Crippen LogP contribution is -2.62. The summed E-state index contributed by atoms with van der Waals surface area (Å²) in [6.45, 7) is 8.25. The third kappa shape index (κ3) is 8.94. The van der Waals surface area contributed by atoms with E-state index in [9.17, 15) is 24.6 Å². The van der Waals surface area contributed by atoms with Gasteiger partial charge in [-0.15, -0.1) is 0 Å². The van der Waals surface area contributed by atoms with E-state index in [4.69, 9.17) is 14.3 Å². The van der Waals surface area contributed by atoms with Crippen LogP contribution in [-0.2, 0) is 27.4 Å². The molecule has 3 amide bonds. The van der Waals surface area contributed by atoms with Crippen LogP contribution in [0.2, 0.25) is 0 Å². The molecule has 7 rings (SSSR count). The Morgan fingerprint density at radius 3 is 2.29 bits per heavy atom. The highest BCUT2D eigenvalue weighted by molar-refractivity contribution is 6.00. The summed E-state index contributed by atoms with van der Waals surface area (Å²) in [7, 11) is 10.3. The Labute approximate surface area is 348 Å². The highest BCUT2D eigenvalue weighted by Crippen LogP contribution is 2.61. The van der Waals surface area contributed by atoms with Crippen LogP contribution in [0.1, 0.15) is 62.0 Å². The Bertz CT molecular complexity index is 1980. The molecule has 0 aromatic heterocycles. The number of hydrogen-bond donors (Lipinski definition) is 4. The minimum absolute atomic E-state index is 0.0101. The molecule has 4 fully saturated rings. The second-order valence-electron chi connectivity index (χ2n) is 17.7. The van der Waals surface area contributed by atoms with Gasteiger partial charge in [0.1, 0.15) is 29.7 Å². The van der Waals surface area contributed by atoms with Gasteiger partial charge < -0.3 is 40.1 Å². The molecule has 3 aromatic rings. The van der Waals surface area contributed by atoms with E-state index in [0.29, 0.717) is 51.5 Å². The van der Waals surface area contributed by atoms with Gasteiger partial charge in [-0.3, -0.25) is 19.2 Å². The first-order valence-electron chi connectivity index (χ1n) is 20.6. The fourth-order valence-electron chi connectivity index (χ4n) is 9.74. The van der Waals surface area contributed by atoms with E-state index in [1.54, 1.807) is 52.4 Å². The van der Waals surface area contributed by atoms with Crippen LogP contribution in [0.4, 0.5) is 5.69 Å². The first kappa shape index (κ1) is 43.9. The molecule has 0 unspecified atom stereocenters. The molecule has 3 aromatic carbocycles. The average Bonchev–Trinajstić information content (AvgIpc) is 3.59. The third-order valence-corrected chi connectivity index (χ3v) is 13.3. The lowest BCUT2D eigenvalue weighted by atomic mass is 9.45. The van der Waals surface area contributed by atoms with Gasteiger partial charge in [0.05, 0.1) is 33.5 Å². The molecule has 1 aliphatic heterocycles. The predicted octanol–water partition coefficient (Wildman–Crippen LogP) is 4.53. The number of carbonyl (C=O) groups excluding carboxylic acids is 3. The molecule has 3 saturated carbocycles. The number of rotatable bonds is 15. The van der Waals surface area contributed by atoms with E-state index >= 15 is 0 Å². The number of fused-ring (bicyclic) bond motifs is 2. The van der Waals surface area contributed by atoms with E-state index in [1.807, 2.05) is 67.5 Å². The van der Waals surface area contributed by atoms with Crippen molar-refractivity contribution >= 4 is 23.4 Å². The molecular formula is C46H63N5O8. The Kier molecular flexibility index (Phi) is 13.3. The first-order valence-corrected chi connectivity index (χ1v) is 20.6. The molecule has 2 bridgehead atoms. The summed E-state index contributed by atoms with van der Waals surface area (Å²) in [5.41, 5.74) is 4.35. The fraction of sp³-hybridized carbons (Fsp3) is 0.543. The second-order valence-corrected chi connectivity index (χ2v) is 17.7. The number of ether oxygens (including phenoxy) is 2. The average molecular weight is 814 g/mol. The summed E-state index contributed by atoms with van der Waals surface area (Å²) in [4.78, 5) is 51.4. The molecule has 59 heavy (non-hydrogen) atoms. The largest absolute Gasteiger partial charge is 0.497 e. The number of nitrogens with zero attached hydrogens (tertiary/aromatic N) is 3. The number of aliphatic hydroxyl groups excluding tert-OH is 2. The standard InChI is InChI=1S/C46H63N5O8/c1-26-36-22-32(46(36,3)4)23-37(26)47-44(55)41-40(27(2)53)39(25-52)59-51(41)24-29-12-11-13-35(42(29)58-10)30-19-31(21-33(20-30)49(5)6)43(54)48-38(45(56)50(7)8)18-28-14-16-34(57-9)17-15-28/h11-17,19-21,26-27,32,36-41,52-53H,18,22-25H2,1-10H3,(H,47,55)(H,48,54)/t26-,27-,32+,36-,37-,38-,39-,40+,41-/m0/s1. The number of methoxy groups -OCH3 is 2. The van der Waals surface area contributed by atoms with E-state index in [1.165, 1.54) is 11.3 Å². The monoisotopic (exact) mass is 813 g/mol. The van der Waals surface area contributed by atoms with Gasteiger partial charge in [0, 0.05) is 68.9 Å². The Balaban J connectivity index is 1.29. The zero-order valence-electron chi connectivity index (χ0n) is 36.2. The van der Waals surface area contributed by atoms with Gasteiger partial charge in [-0.05, 0) is 84.4 Å². The fourth-order valence-corrected chi connectivity index (χ4v) is 9.74. The summed E-state index contributed by atoms with van der Waals surface area (Å²) < 4.78 is 11.4. The van der Waals surface area contributed by atoms with E-state index in [0.717, 1.165) is 17.7 Å². The molecule has 0 spiro atoms. The SMILES string of the molecule is COc1ccc(C[C@H](NC(=O)c2cc(-c3cccc(CN4O[C@@H](CO)[C@@H]([C@H](C)O)[C@H]4C(=O)N[C@H]4C[C@H]5C[C@@H]([C@@H]4C)C5(C)C)c3OC)cc(N(C)C)c2)C(=O)N(C)C)cc1. The van der Waals surface area contributed by atoms with Crippen molar-refractivity contribution < 1.29 is 38.9 Å². The molecule has 1 saturated heterocycles. The summed E-state index contributed by atoms with van der Waals surface area (Å²) in [5, 5.41) is 29.3. The highest BCUT2D eigenvalue weighted by atomic mass is 16.7. The molecular weight excluding hydrogens is 751 g/mol. The number of para-hydroxylation sites is 1. The van der Waals surface area contributed by atoms with Gasteiger partial charge in [0.15, 0.2) is 0 Å². The number of carbonyl (C=O) groups is 3. The molecule has 4 aliphatic rings. The normalized spacial score (nSPS) is 25.6. The number of hydroxylamine groups is 2. The number of amides is 3. The first-order chi connectivity index (χ1) is 28.0. The van der Waals surface area contributed by atoms with Crippen LogP contribution in [0.5, 0.6) is 11.5 Å². The smallest absolute Gasteiger partial charge is 0.252 e. The molecule has 4 N–H and O–H groups in total. The van der Waals surface area contributed by atoms with Gasteiger partial charge in [-0.2, -0.15) is 5.06 Å². The van der Waals surface area contributed by atoms with Crippen molar-refractivity contribution in [2.24, 2.45) is 29.1 Å². The minimum Gasteiger partial charge on any atom is -0.497 e. The topological polar surface area (TPSA) is 153 Å². The van der Waals surface area contributed by atoms with E-state index < -0.39 is 36.1 Å². The molecule has 3 aliphatic carbocycles. The van der Waals surface area contributed by atoms with Crippen molar-refractivity contribution in [2.45, 2.75) is 83.8 Å². The van der Waals surface area contributed by atoms with Crippen molar-refractivity contribution in [3.05, 3.63) is 77.4 Å². The molecule has 13 heteroatoms. The Morgan fingerprint density at radius 1 is 1.00 bits per heavy atom. The Hall–Kier alpha value is -4.69. The van der Waals surface area contributed by atoms with Crippen LogP contribution in [0.3, 0.4) is 0 Å². The molecule has 1 heterocycles. The van der Waals surface area contributed by atoms with Crippen molar-refractivity contribution in [1.29, 1.82) is 0 Å². The summed E-state index contributed by atoms with van der Waals surface area (Å²) in [6, 6.07) is 16.9. The third-order valence-electron chi connectivity index (χ3n) is 13.3. The number of nitrogens with one attached hydrogen (secondary N) is 2. The lowest BCUT2D eigenvalue weighted by Gasteiger charge is -2.62. The molecule has 0 radical (unpaired) electrons. The van der Waals surface area contributed by atoms with E-state index in [-0.39, 0.29) is 42.8 Å². The maximum absolute atomic E-state index is 14.3. The summed E-state index contributed by atoms with van der Waals surface area (Å²) >= 11 is 0. The number of likely N-dealkylation sites (N-methyl/N-ethyl adjacent to an activating group) is 1. The summed E-state index contributed by atoms with van der Waals surface area (Å²) in [5.74, 6) is 1.05. The van der Waals surface area contributed by atoms with Gasteiger partial charge in [0.25, 0.3) is 5.91 Å². The van der Waals surface area contributed by atoms with Crippen LogP contribution in [0, 0.1) is 29.1 Å². The minimum atomic E-state index is -0.931. The number of hydrogen-bond acceptors (Lipinski definition) is 10. The van der Waals surface area contributed by atoms with Crippen LogP contribution in [-0.4, -0.2) is 117 Å². The molecule has 9 atom stereocenters. The van der Waals surface area contributed by atoms with Crippen molar-refractivity contribution in [1.82, 2.24) is 20.6 Å². The van der Waals surface area contributed by atoms with Crippen molar-refractivity contribution in [3.8, 4) is 22.6 Å². The van der Waals surface area contributed by atoms with Crippen LogP contribution in [0.25, 0.3) is 11.1 Å². The van der Waals surface area contributed by atoms with Crippen LogP contribution >= 0.6 is 0 Å². The number of anilines is 1. The zero-order valence-corrected chi connectivity index (χ0v) is 36.2. The highest BCUT2D eigenvalue weighted by Gasteiger charge is 2.57. The molecule has 320 valence electrons. The lowest BCUT2D eigenvalue weighted by molar-refractivity contribution is -0.183. The van der Waals surface area contributed by atoms with Gasteiger partial charge >= 0.3 is 0 Å². The Morgan fingerprint density at radius 2 is 1.71 bits per heavy atom. The van der Waals surface area contributed by atoms with Crippen LogP contribution < -0.4 is 25.0 Å². The van der Waals surface area contributed by atoms with Crippen LogP contribution in [0.15, 0.2) is 60.7 Å². The summed E-state index contributed by atoms with van der Waals surface area (Å²) in [6.07, 6.45) is 0.653. The number of aliphatic hydroxyl groups is 2. The van der Waals surface area contributed by atoms with Crippen molar-refractivity contribution in [3.63, 3.8) is 0 Å². The maximum Gasteiger partial charge on any atom is 0.252 e. The van der Waals surface area contributed by atoms with Gasteiger partial charge in [0.2, 0.25) is 11.8 Å². The van der Waals surface area contributed by atoms with Gasteiger partial charge in [-0.1, -0.05) is 51.1 Å². The molecule has 13 nitrogen and oxygen atoms in total. The van der Waals surface area contributed by atoms with E-state index in [2.05, 4.69) is 31.4 Å². The maximum atomic E-state index is 14.3. The number of benzene rings is 3. The predicted molar refractivity (Wildman–Crippen MR) is 227 cm³/mol. The quantitative estimate of drug-likeness (QED) is 0.172. The second kappa shape index (κ2) is 17.9.